The Morgan fingerprint density at radius 1 is 0.963 bits per heavy atom. The molecule has 0 amide bonds. The van der Waals surface area contributed by atoms with Gasteiger partial charge in [0.1, 0.15) is 12.4 Å². The third-order valence-electron chi connectivity index (χ3n) is 3.31. The summed E-state index contributed by atoms with van der Waals surface area (Å²) in [5, 5.41) is 0. The molecule has 2 aromatic carbocycles. The number of ether oxygens (including phenoxy) is 1. The quantitative estimate of drug-likeness (QED) is 0.673. The third-order valence-corrected chi connectivity index (χ3v) is 3.31. The second-order valence-corrected chi connectivity index (χ2v) is 5.27. The lowest BCUT2D eigenvalue weighted by Crippen LogP contribution is -2.09. The van der Waals surface area contributed by atoms with E-state index in [0.717, 1.165) is 17.7 Å². The number of halogens is 3. The summed E-state index contributed by atoms with van der Waals surface area (Å²) < 4.78 is 44.5. The lowest BCUT2D eigenvalue weighted by Gasteiger charge is -2.15. The number of nitrogens with two attached hydrogens (primary N) is 3. The van der Waals surface area contributed by atoms with Gasteiger partial charge < -0.3 is 21.9 Å². The maximum Gasteiger partial charge on any atom is 0.416 e. The van der Waals surface area contributed by atoms with Crippen molar-refractivity contribution in [3.63, 3.8) is 0 Å². The fourth-order valence-corrected chi connectivity index (χ4v) is 2.07. The van der Waals surface area contributed by atoms with Crippen LogP contribution in [0.3, 0.4) is 0 Å². The van der Waals surface area contributed by atoms with Crippen LogP contribution in [0.5, 0.6) is 5.75 Å². The molecule has 2 rings (SSSR count). The van der Waals surface area contributed by atoms with Crippen LogP contribution < -0.4 is 21.9 Å². The summed E-state index contributed by atoms with van der Waals surface area (Å²) in [5.74, 6) is 0.0537. The molecule has 0 radical (unpaired) electrons. The largest absolute Gasteiger partial charge is 0.488 e. The fourth-order valence-electron chi connectivity index (χ4n) is 2.07. The monoisotopic (exact) mass is 379 g/mol. The normalized spacial score (nSPS) is 11.2. The molecule has 6 N–H and O–H groups in total. The van der Waals surface area contributed by atoms with Crippen LogP contribution in [0.25, 0.3) is 5.70 Å². The van der Waals surface area contributed by atoms with Crippen LogP contribution in [0.15, 0.2) is 66.5 Å². The van der Waals surface area contributed by atoms with E-state index < -0.39 is 11.7 Å². The van der Waals surface area contributed by atoms with Crippen LogP contribution in [0.2, 0.25) is 0 Å². The van der Waals surface area contributed by atoms with Crippen molar-refractivity contribution < 1.29 is 17.9 Å². The Morgan fingerprint density at radius 3 is 2.15 bits per heavy atom. The second kappa shape index (κ2) is 10.2. The minimum Gasteiger partial charge on any atom is -0.488 e. The third kappa shape index (κ3) is 6.97. The molecule has 7 heteroatoms. The number of rotatable bonds is 5. The molecular formula is C20H24F3N3O. The summed E-state index contributed by atoms with van der Waals surface area (Å²) >= 11 is 0. The van der Waals surface area contributed by atoms with Gasteiger partial charge in [-0.3, -0.25) is 0 Å². The first kappa shape index (κ1) is 22.0. The number of hydrogen-bond acceptors (Lipinski definition) is 4. The molecule has 0 aliphatic rings. The van der Waals surface area contributed by atoms with E-state index in [1.165, 1.54) is 18.2 Å². The molecule has 0 saturated carbocycles. The van der Waals surface area contributed by atoms with E-state index in [1.54, 1.807) is 0 Å². The van der Waals surface area contributed by atoms with E-state index in [0.29, 0.717) is 5.56 Å². The van der Waals surface area contributed by atoms with Gasteiger partial charge in [-0.05, 0) is 35.9 Å². The van der Waals surface area contributed by atoms with Gasteiger partial charge in [0.25, 0.3) is 0 Å². The summed E-state index contributed by atoms with van der Waals surface area (Å²) in [5.41, 5.74) is 17.1. The molecule has 0 aliphatic heterocycles. The van der Waals surface area contributed by atoms with Gasteiger partial charge in [0.05, 0.1) is 11.4 Å². The summed E-state index contributed by atoms with van der Waals surface area (Å²) in [4.78, 5) is 0. The number of hydrogen-bond donors (Lipinski definition) is 3. The highest BCUT2D eigenvalue weighted by Gasteiger charge is 2.31. The van der Waals surface area contributed by atoms with Gasteiger partial charge in [0.15, 0.2) is 0 Å². The van der Waals surface area contributed by atoms with Crippen LogP contribution in [0.4, 0.5) is 13.2 Å². The molecular weight excluding hydrogens is 355 g/mol. The second-order valence-electron chi connectivity index (χ2n) is 5.27. The lowest BCUT2D eigenvalue weighted by molar-refractivity contribution is -0.137. The van der Waals surface area contributed by atoms with Gasteiger partial charge in [-0.25, -0.2) is 0 Å². The Labute approximate surface area is 157 Å². The van der Waals surface area contributed by atoms with Crippen molar-refractivity contribution in [2.75, 3.05) is 0 Å². The van der Waals surface area contributed by atoms with Gasteiger partial charge in [-0.1, -0.05) is 44.2 Å². The number of allylic oxidation sites excluding steroid dienone is 2. The van der Waals surface area contributed by atoms with Crippen molar-refractivity contribution in [3.8, 4) is 5.75 Å². The van der Waals surface area contributed by atoms with Gasteiger partial charge in [0, 0.05) is 11.3 Å². The maximum atomic E-state index is 13.0. The molecule has 146 valence electrons. The Kier molecular flexibility index (Phi) is 8.26. The molecule has 4 nitrogen and oxygen atoms in total. The average Bonchev–Trinajstić information content (AvgIpc) is 2.66. The van der Waals surface area contributed by atoms with E-state index in [4.69, 9.17) is 21.9 Å². The highest BCUT2D eigenvalue weighted by Crippen LogP contribution is 2.34. The molecule has 0 unspecified atom stereocenters. The summed E-state index contributed by atoms with van der Waals surface area (Å²) in [7, 11) is 0. The zero-order valence-corrected chi connectivity index (χ0v) is 15.3. The molecule has 2 aromatic rings. The predicted octanol–water partition coefficient (Wildman–Crippen LogP) is 4.37. The molecule has 0 heterocycles. The van der Waals surface area contributed by atoms with Crippen molar-refractivity contribution in [2.24, 2.45) is 17.2 Å². The summed E-state index contributed by atoms with van der Waals surface area (Å²) in [6.07, 6.45) is -1.72. The SMILES string of the molecule is CC.NC(N)=C/C=C(\N)c1ccc(C(F)(F)F)cc1OCc1ccccc1. The zero-order chi connectivity index (χ0) is 20.4. The Balaban J connectivity index is 0.00000176. The van der Waals surface area contributed by atoms with E-state index in [-0.39, 0.29) is 23.9 Å². The first-order valence-corrected chi connectivity index (χ1v) is 8.34. The van der Waals surface area contributed by atoms with E-state index >= 15 is 0 Å². The van der Waals surface area contributed by atoms with Crippen molar-refractivity contribution in [2.45, 2.75) is 26.6 Å². The predicted molar refractivity (Wildman–Crippen MR) is 102 cm³/mol. The van der Waals surface area contributed by atoms with Crippen molar-refractivity contribution >= 4 is 5.70 Å². The van der Waals surface area contributed by atoms with Crippen LogP contribution in [-0.4, -0.2) is 0 Å². The highest BCUT2D eigenvalue weighted by molar-refractivity contribution is 5.70. The van der Waals surface area contributed by atoms with Crippen LogP contribution in [0, 0.1) is 0 Å². The average molecular weight is 379 g/mol. The Morgan fingerprint density at radius 2 is 1.59 bits per heavy atom. The van der Waals surface area contributed by atoms with Crippen LogP contribution >= 0.6 is 0 Å². The zero-order valence-electron chi connectivity index (χ0n) is 15.3. The van der Waals surface area contributed by atoms with Gasteiger partial charge in [0.2, 0.25) is 0 Å². The molecule has 0 aromatic heterocycles. The molecule has 0 atom stereocenters. The Bertz CT molecular complexity index is 781. The van der Waals surface area contributed by atoms with Gasteiger partial charge in [-0.2, -0.15) is 13.2 Å². The standard InChI is InChI=1S/C18H18F3N3O.C2H6/c19-18(20,21)13-6-7-14(15(22)8-9-17(23)24)16(10-13)25-11-12-4-2-1-3-5-12;1-2/h1-10H,11,22-24H2;1-2H3/b15-8-;. The molecule has 0 aliphatic carbocycles. The molecule has 27 heavy (non-hydrogen) atoms. The topological polar surface area (TPSA) is 87.3 Å². The molecule has 0 saturated heterocycles. The van der Waals surface area contributed by atoms with Crippen molar-refractivity contribution in [1.82, 2.24) is 0 Å². The first-order chi connectivity index (χ1) is 12.8. The molecule has 0 bridgehead atoms. The van der Waals surface area contributed by atoms with Gasteiger partial charge in [-0.15, -0.1) is 0 Å². The smallest absolute Gasteiger partial charge is 0.416 e. The van der Waals surface area contributed by atoms with Crippen LogP contribution in [0.1, 0.15) is 30.5 Å². The fraction of sp³-hybridized carbons (Fsp3) is 0.200. The number of alkyl halides is 3. The molecule has 0 fully saturated rings. The maximum absolute atomic E-state index is 13.0. The Hall–Kier alpha value is -3.09. The summed E-state index contributed by atoms with van der Waals surface area (Å²) in [6.45, 7) is 4.11. The highest BCUT2D eigenvalue weighted by atomic mass is 19.4. The number of benzene rings is 2. The lowest BCUT2D eigenvalue weighted by atomic mass is 10.1. The van der Waals surface area contributed by atoms with Crippen LogP contribution in [-0.2, 0) is 12.8 Å². The van der Waals surface area contributed by atoms with Gasteiger partial charge >= 0.3 is 6.18 Å². The van der Waals surface area contributed by atoms with Crippen molar-refractivity contribution in [3.05, 3.63) is 83.2 Å². The first-order valence-electron chi connectivity index (χ1n) is 8.34. The summed E-state index contributed by atoms with van der Waals surface area (Å²) in [6, 6.07) is 12.2. The minimum atomic E-state index is -4.48. The van der Waals surface area contributed by atoms with E-state index in [1.807, 2.05) is 44.2 Å². The van der Waals surface area contributed by atoms with Crippen molar-refractivity contribution in [1.29, 1.82) is 0 Å². The minimum absolute atomic E-state index is 0.0245. The molecule has 0 spiro atoms. The van der Waals surface area contributed by atoms with E-state index in [9.17, 15) is 13.2 Å². The van der Waals surface area contributed by atoms with E-state index in [2.05, 4.69) is 0 Å².